The molecule has 1 aliphatic heterocycles. The van der Waals surface area contributed by atoms with E-state index < -0.39 is 26.4 Å². The standard InChI is InChI=1S/C15H13Cl2N3O2.C15H22ClNO2.C3H8NO5P/c1-2-7-22-13-9-12(10(16)8-11(13)17)20-15(21)19-6-4-3-5-14(19)18-20;1-5-13-8-6-7-11(2)15(13)17(14(18)9-16)12(3)10-19-4;5-3(6)1-4-2-10(7,8)9/h1,8-9H,3-7H2;6-8,12H,5,9-10H2,1-4H3;4H,1-2H2,(H,5,6)(H2,7,8,9). The Hall–Kier alpha value is -3.38. The van der Waals surface area contributed by atoms with Crippen LogP contribution in [0.2, 0.25) is 10.0 Å². The number of rotatable bonds is 13. The van der Waals surface area contributed by atoms with Gasteiger partial charge in [0.25, 0.3) is 0 Å². The summed E-state index contributed by atoms with van der Waals surface area (Å²) in [5, 5.41) is 15.1. The molecule has 1 amide bonds. The van der Waals surface area contributed by atoms with Gasteiger partial charge in [-0.25, -0.2) is 4.79 Å². The van der Waals surface area contributed by atoms with Gasteiger partial charge in [-0.1, -0.05) is 54.2 Å². The molecule has 3 aromatic rings. The van der Waals surface area contributed by atoms with Gasteiger partial charge in [-0.2, -0.15) is 4.68 Å². The zero-order valence-electron chi connectivity index (χ0n) is 28.8. The van der Waals surface area contributed by atoms with Gasteiger partial charge < -0.3 is 29.3 Å². The highest BCUT2D eigenvalue weighted by molar-refractivity contribution is 7.51. The smallest absolute Gasteiger partial charge is 0.350 e. The summed E-state index contributed by atoms with van der Waals surface area (Å²) in [7, 11) is -2.46. The molecule has 4 N–H and O–H groups in total. The van der Waals surface area contributed by atoms with Crippen LogP contribution in [0.15, 0.2) is 35.1 Å². The van der Waals surface area contributed by atoms with Crippen LogP contribution in [-0.4, -0.2) is 86.2 Å². The third kappa shape index (κ3) is 13.3. The maximum absolute atomic E-state index is 12.5. The predicted octanol–water partition coefficient (Wildman–Crippen LogP) is 4.65. The topological polar surface area (TPSA) is 185 Å². The van der Waals surface area contributed by atoms with Gasteiger partial charge in [0, 0.05) is 26.1 Å². The Morgan fingerprint density at radius 3 is 2.49 bits per heavy atom. The number of carbonyl (C=O) groups is 2. The fraction of sp³-hybridized carbons (Fsp3) is 0.455. The van der Waals surface area contributed by atoms with Crippen molar-refractivity contribution in [3.8, 4) is 23.8 Å². The first-order valence-electron chi connectivity index (χ1n) is 15.8. The maximum atomic E-state index is 12.5. The van der Waals surface area contributed by atoms with Gasteiger partial charge in [0.15, 0.2) is 0 Å². The average Bonchev–Trinajstić information content (AvgIpc) is 3.40. The number of amides is 1. The number of aryl methyl sites for hydroxylation is 3. The number of methoxy groups -OCH3 is 1. The molecule has 0 bridgehead atoms. The van der Waals surface area contributed by atoms with Crippen molar-refractivity contribution in [3.63, 3.8) is 0 Å². The van der Waals surface area contributed by atoms with E-state index in [4.69, 9.17) is 65.6 Å². The maximum Gasteiger partial charge on any atom is 0.350 e. The Bertz CT molecular complexity index is 1790. The van der Waals surface area contributed by atoms with Crippen molar-refractivity contribution >= 4 is 60.0 Å². The van der Waals surface area contributed by atoms with E-state index in [9.17, 15) is 18.9 Å². The zero-order chi connectivity index (χ0) is 38.3. The largest absolute Gasteiger partial charge is 0.480 e. The van der Waals surface area contributed by atoms with Gasteiger partial charge in [-0.15, -0.1) is 23.1 Å². The molecule has 1 aromatic heterocycles. The van der Waals surface area contributed by atoms with E-state index in [-0.39, 0.29) is 30.1 Å². The number of para-hydroxylation sites is 1. The number of benzene rings is 2. The van der Waals surface area contributed by atoms with E-state index in [1.165, 1.54) is 10.7 Å². The highest BCUT2D eigenvalue weighted by atomic mass is 35.5. The minimum absolute atomic E-state index is 0.0223. The number of alkyl halides is 1. The number of hydrogen-bond donors (Lipinski definition) is 4. The number of carbonyl (C=O) groups excluding carboxylic acids is 1. The molecule has 0 fully saturated rings. The van der Waals surface area contributed by atoms with Gasteiger partial charge in [-0.05, 0) is 50.3 Å². The van der Waals surface area contributed by atoms with E-state index in [1.807, 2.05) is 26.0 Å². The fourth-order valence-corrected chi connectivity index (χ4v) is 6.15. The Morgan fingerprint density at radius 1 is 1.22 bits per heavy atom. The highest BCUT2D eigenvalue weighted by Gasteiger charge is 2.25. The van der Waals surface area contributed by atoms with Gasteiger partial charge in [0.2, 0.25) is 5.91 Å². The number of hydrogen-bond acceptors (Lipinski definition) is 8. The van der Waals surface area contributed by atoms with Crippen LogP contribution in [0.3, 0.4) is 0 Å². The monoisotopic (exact) mass is 789 g/mol. The first-order valence-corrected chi connectivity index (χ1v) is 18.9. The molecule has 1 atom stereocenters. The second-order valence-corrected chi connectivity index (χ2v) is 14.0. The van der Waals surface area contributed by atoms with Gasteiger partial charge in [0.1, 0.15) is 24.1 Å². The molecular weight excluding hydrogens is 748 g/mol. The molecule has 1 aliphatic rings. The van der Waals surface area contributed by atoms with E-state index in [2.05, 4.69) is 29.3 Å². The summed E-state index contributed by atoms with van der Waals surface area (Å²) in [4.78, 5) is 52.6. The van der Waals surface area contributed by atoms with E-state index in [0.29, 0.717) is 34.6 Å². The summed E-state index contributed by atoms with van der Waals surface area (Å²) < 4.78 is 23.6. The molecule has 0 radical (unpaired) electrons. The first-order chi connectivity index (χ1) is 24.1. The van der Waals surface area contributed by atoms with Crippen LogP contribution < -0.4 is 20.6 Å². The van der Waals surface area contributed by atoms with Crippen LogP contribution in [0.5, 0.6) is 5.75 Å². The van der Waals surface area contributed by atoms with Crippen molar-refractivity contribution in [1.82, 2.24) is 19.7 Å². The van der Waals surface area contributed by atoms with Crippen LogP contribution in [0, 0.1) is 19.3 Å². The highest BCUT2D eigenvalue weighted by Crippen LogP contribution is 2.33. The summed E-state index contributed by atoms with van der Waals surface area (Å²) >= 11 is 18.0. The third-order valence-corrected chi connectivity index (χ3v) is 8.74. The van der Waals surface area contributed by atoms with Crippen molar-refractivity contribution in [1.29, 1.82) is 0 Å². The number of carboxylic acid groups (broad SMARTS) is 1. The Kier molecular flexibility index (Phi) is 18.2. The SMILES string of the molecule is C#CCOc1cc(-n2nc3n(c2=O)CCCC3)c(Cl)cc1Cl.CCc1cccc(C)c1N(C(=O)CCl)C(C)COC.O=C(O)CNCP(=O)(O)O. The number of nitrogens with zero attached hydrogens (tertiary/aromatic N) is 4. The second-order valence-electron chi connectivity index (χ2n) is 11.2. The second kappa shape index (κ2) is 21.2. The number of ether oxygens (including phenoxy) is 2. The van der Waals surface area contributed by atoms with E-state index >= 15 is 0 Å². The van der Waals surface area contributed by atoms with Crippen LogP contribution >= 0.6 is 42.4 Å². The summed E-state index contributed by atoms with van der Waals surface area (Å²) in [6.45, 7) is 6.88. The molecular formula is C33H43Cl3N5O9P. The molecule has 0 spiro atoms. The van der Waals surface area contributed by atoms with Crippen molar-refractivity contribution in [2.45, 2.75) is 59.0 Å². The van der Waals surface area contributed by atoms with E-state index in [1.54, 1.807) is 22.6 Å². The summed E-state index contributed by atoms with van der Waals surface area (Å²) in [6.07, 6.45) is 8.25. The molecule has 0 saturated carbocycles. The molecule has 0 aliphatic carbocycles. The molecule has 18 heteroatoms. The molecule has 0 saturated heterocycles. The number of carboxylic acids is 1. The summed E-state index contributed by atoms with van der Waals surface area (Å²) in [6, 6.07) is 9.15. The van der Waals surface area contributed by atoms with Crippen molar-refractivity contribution in [2.75, 3.05) is 43.9 Å². The number of halogens is 3. The molecule has 14 nitrogen and oxygen atoms in total. The van der Waals surface area contributed by atoms with Crippen LogP contribution in [0.1, 0.15) is 43.6 Å². The number of terminal acetylenes is 1. The number of anilines is 1. The van der Waals surface area contributed by atoms with Crippen molar-refractivity contribution < 1.29 is 38.5 Å². The lowest BCUT2D eigenvalue weighted by atomic mass is 10.0. The molecule has 1 unspecified atom stereocenters. The third-order valence-electron chi connectivity index (χ3n) is 7.28. The number of fused-ring (bicyclic) bond motifs is 1. The Morgan fingerprint density at radius 2 is 1.92 bits per heavy atom. The van der Waals surface area contributed by atoms with E-state index in [0.717, 1.165) is 48.3 Å². The number of aromatic nitrogens is 3. The molecule has 2 aromatic carbocycles. The quantitative estimate of drug-likeness (QED) is 0.107. The minimum Gasteiger partial charge on any atom is -0.480 e. The lowest BCUT2D eigenvalue weighted by Gasteiger charge is -2.31. The van der Waals surface area contributed by atoms with Crippen molar-refractivity contribution in [2.24, 2.45) is 0 Å². The molecule has 280 valence electrons. The van der Waals surface area contributed by atoms with Gasteiger partial charge >= 0.3 is 19.3 Å². The lowest BCUT2D eigenvalue weighted by molar-refractivity contribution is -0.135. The number of aliphatic carboxylic acids is 1. The predicted molar refractivity (Wildman–Crippen MR) is 198 cm³/mol. The fourth-order valence-electron chi connectivity index (χ4n) is 5.10. The first kappa shape index (κ1) is 43.8. The number of nitrogens with one attached hydrogen (secondary N) is 1. The van der Waals surface area contributed by atoms with Crippen LogP contribution in [0.4, 0.5) is 5.69 Å². The average molecular weight is 791 g/mol. The van der Waals surface area contributed by atoms with Gasteiger partial charge in [0.05, 0.1) is 46.9 Å². The van der Waals surface area contributed by atoms with Crippen LogP contribution in [-0.2, 0) is 38.3 Å². The van der Waals surface area contributed by atoms with Crippen LogP contribution in [0.25, 0.3) is 5.69 Å². The molecule has 51 heavy (non-hydrogen) atoms. The minimum atomic E-state index is -4.10. The Labute approximate surface area is 311 Å². The Balaban J connectivity index is 0.000000284. The van der Waals surface area contributed by atoms with Gasteiger partial charge in [-0.3, -0.25) is 24.0 Å². The molecule has 2 heterocycles. The van der Waals surface area contributed by atoms with Crippen molar-refractivity contribution in [3.05, 3.63) is 67.8 Å². The lowest BCUT2D eigenvalue weighted by Crippen LogP contribution is -2.43. The summed E-state index contributed by atoms with van der Waals surface area (Å²) in [5.41, 5.74) is 3.44. The molecule has 4 rings (SSSR count). The summed E-state index contributed by atoms with van der Waals surface area (Å²) in [5.74, 6) is 2.26. The zero-order valence-corrected chi connectivity index (χ0v) is 31.9. The normalized spacial score (nSPS) is 12.6.